The van der Waals surface area contributed by atoms with Gasteiger partial charge in [0.15, 0.2) is 11.2 Å². The highest BCUT2D eigenvalue weighted by Crippen LogP contribution is 2.29. The Hall–Kier alpha value is -2.99. The lowest BCUT2D eigenvalue weighted by Gasteiger charge is -2.03. The number of fused-ring (bicyclic) bond motifs is 1. The molecule has 1 N–H and O–H groups in total. The van der Waals surface area contributed by atoms with Crippen LogP contribution in [-0.2, 0) is 0 Å². The SMILES string of the molecule is Cc1ccc(-c2nc3ncccc3o2)cc1N=Cc1cc(Br)ccc1O. The van der Waals surface area contributed by atoms with Gasteiger partial charge in [-0.05, 0) is 55.0 Å². The van der Waals surface area contributed by atoms with Gasteiger partial charge in [-0.15, -0.1) is 0 Å². The minimum absolute atomic E-state index is 0.177. The van der Waals surface area contributed by atoms with Crippen LogP contribution in [0.15, 0.2) is 68.6 Å². The van der Waals surface area contributed by atoms with E-state index in [9.17, 15) is 5.11 Å². The number of aromatic nitrogens is 2. The summed E-state index contributed by atoms with van der Waals surface area (Å²) in [6.07, 6.45) is 3.32. The fourth-order valence-electron chi connectivity index (χ4n) is 2.54. The third kappa shape index (κ3) is 3.23. The van der Waals surface area contributed by atoms with Crippen LogP contribution in [0.5, 0.6) is 5.75 Å². The van der Waals surface area contributed by atoms with Crippen LogP contribution in [0.25, 0.3) is 22.7 Å². The van der Waals surface area contributed by atoms with Crippen molar-refractivity contribution in [2.45, 2.75) is 6.92 Å². The number of hydrogen-bond donors (Lipinski definition) is 1. The molecule has 4 rings (SSSR count). The van der Waals surface area contributed by atoms with Gasteiger partial charge in [-0.1, -0.05) is 22.0 Å². The molecule has 0 amide bonds. The molecule has 0 atom stereocenters. The van der Waals surface area contributed by atoms with Crippen molar-refractivity contribution in [3.8, 4) is 17.2 Å². The fraction of sp³-hybridized carbons (Fsp3) is 0.0500. The second-order valence-corrected chi connectivity index (χ2v) is 6.72. The highest BCUT2D eigenvalue weighted by atomic mass is 79.9. The first kappa shape index (κ1) is 16.5. The molecule has 128 valence electrons. The number of pyridine rings is 1. The van der Waals surface area contributed by atoms with E-state index in [1.165, 1.54) is 0 Å². The summed E-state index contributed by atoms with van der Waals surface area (Å²) >= 11 is 3.40. The third-order valence-corrected chi connectivity index (χ3v) is 4.45. The minimum Gasteiger partial charge on any atom is -0.507 e. The summed E-state index contributed by atoms with van der Waals surface area (Å²) in [6, 6.07) is 14.7. The van der Waals surface area contributed by atoms with Gasteiger partial charge >= 0.3 is 0 Å². The van der Waals surface area contributed by atoms with Crippen LogP contribution in [0, 0.1) is 6.92 Å². The number of aryl methyl sites for hydroxylation is 1. The first-order valence-electron chi connectivity index (χ1n) is 7.95. The molecule has 0 aliphatic carbocycles. The van der Waals surface area contributed by atoms with E-state index in [0.29, 0.717) is 22.7 Å². The second kappa shape index (κ2) is 6.72. The zero-order chi connectivity index (χ0) is 18.1. The Balaban J connectivity index is 1.72. The van der Waals surface area contributed by atoms with Crippen molar-refractivity contribution in [2.75, 3.05) is 0 Å². The molecule has 0 saturated carbocycles. The van der Waals surface area contributed by atoms with Crippen LogP contribution in [-0.4, -0.2) is 21.3 Å². The molecule has 26 heavy (non-hydrogen) atoms. The van der Waals surface area contributed by atoms with E-state index in [-0.39, 0.29) is 5.75 Å². The molecule has 0 fully saturated rings. The molecule has 0 unspecified atom stereocenters. The molecule has 5 nitrogen and oxygen atoms in total. The molecular formula is C20H14BrN3O2. The summed E-state index contributed by atoms with van der Waals surface area (Å²) < 4.78 is 6.65. The van der Waals surface area contributed by atoms with Crippen LogP contribution >= 0.6 is 15.9 Å². The van der Waals surface area contributed by atoms with Crippen molar-refractivity contribution in [3.05, 3.63) is 70.3 Å². The molecule has 4 aromatic rings. The van der Waals surface area contributed by atoms with Gasteiger partial charge in [-0.3, -0.25) is 4.99 Å². The quantitative estimate of drug-likeness (QED) is 0.460. The van der Waals surface area contributed by atoms with Crippen molar-refractivity contribution in [2.24, 2.45) is 4.99 Å². The maximum Gasteiger partial charge on any atom is 0.228 e. The van der Waals surface area contributed by atoms with Crippen LogP contribution in [0.3, 0.4) is 0 Å². The maximum atomic E-state index is 9.95. The first-order chi connectivity index (χ1) is 12.6. The van der Waals surface area contributed by atoms with Gasteiger partial charge in [0.05, 0.1) is 5.69 Å². The summed E-state index contributed by atoms with van der Waals surface area (Å²) in [4.78, 5) is 13.1. The second-order valence-electron chi connectivity index (χ2n) is 5.81. The standard InChI is InChI=1S/C20H14BrN3O2/c1-12-4-5-13(20-24-19-18(26-20)3-2-8-22-19)10-16(12)23-11-14-9-15(21)6-7-17(14)25/h2-11,25H,1H3. The molecule has 0 radical (unpaired) electrons. The van der Waals surface area contributed by atoms with Crippen LogP contribution in [0.1, 0.15) is 11.1 Å². The highest BCUT2D eigenvalue weighted by Gasteiger charge is 2.10. The van der Waals surface area contributed by atoms with E-state index in [1.807, 2.05) is 43.3 Å². The van der Waals surface area contributed by atoms with Gasteiger partial charge in [0.2, 0.25) is 5.89 Å². The number of nitrogens with zero attached hydrogens (tertiary/aromatic N) is 3. The van der Waals surface area contributed by atoms with Crippen molar-refractivity contribution in [1.29, 1.82) is 0 Å². The Morgan fingerprint density at radius 1 is 1.15 bits per heavy atom. The Bertz CT molecular complexity index is 1100. The van der Waals surface area contributed by atoms with Gasteiger partial charge in [0.25, 0.3) is 0 Å². The van der Waals surface area contributed by atoms with Gasteiger partial charge in [-0.2, -0.15) is 4.98 Å². The predicted octanol–water partition coefficient (Wildman–Crippen LogP) is 5.42. The molecular weight excluding hydrogens is 394 g/mol. The molecule has 6 heteroatoms. The van der Waals surface area contributed by atoms with E-state index in [1.54, 1.807) is 24.5 Å². The third-order valence-electron chi connectivity index (χ3n) is 3.95. The molecule has 0 aliphatic rings. The lowest BCUT2D eigenvalue weighted by Crippen LogP contribution is -1.84. The summed E-state index contributed by atoms with van der Waals surface area (Å²) in [5.41, 5.74) is 4.46. The normalized spacial score (nSPS) is 11.5. The van der Waals surface area contributed by atoms with Gasteiger partial charge in [0.1, 0.15) is 5.75 Å². The van der Waals surface area contributed by atoms with Crippen LogP contribution < -0.4 is 0 Å². The van der Waals surface area contributed by atoms with Gasteiger partial charge in [0, 0.05) is 28.0 Å². The lowest BCUT2D eigenvalue weighted by molar-refractivity contribution is 0.474. The monoisotopic (exact) mass is 407 g/mol. The number of oxazole rings is 1. The topological polar surface area (TPSA) is 71.5 Å². The molecule has 2 heterocycles. The number of benzene rings is 2. The Morgan fingerprint density at radius 3 is 2.88 bits per heavy atom. The zero-order valence-corrected chi connectivity index (χ0v) is 15.4. The molecule has 0 bridgehead atoms. The summed E-state index contributed by atoms with van der Waals surface area (Å²) in [5, 5.41) is 9.95. The average molecular weight is 408 g/mol. The van der Waals surface area contributed by atoms with Gasteiger partial charge < -0.3 is 9.52 Å². The summed E-state index contributed by atoms with van der Waals surface area (Å²) in [5.74, 6) is 0.677. The maximum absolute atomic E-state index is 9.95. The van der Waals surface area contributed by atoms with E-state index in [2.05, 4.69) is 30.9 Å². The molecule has 0 aliphatic heterocycles. The first-order valence-corrected chi connectivity index (χ1v) is 8.74. The summed E-state index contributed by atoms with van der Waals surface area (Å²) in [6.45, 7) is 1.98. The van der Waals surface area contributed by atoms with Crippen LogP contribution in [0.4, 0.5) is 5.69 Å². The number of phenols is 1. The van der Waals surface area contributed by atoms with E-state index >= 15 is 0 Å². The van der Waals surface area contributed by atoms with E-state index < -0.39 is 0 Å². The van der Waals surface area contributed by atoms with Crippen molar-refractivity contribution < 1.29 is 9.52 Å². The smallest absolute Gasteiger partial charge is 0.228 e. The Kier molecular flexibility index (Phi) is 4.26. The number of rotatable bonds is 3. The molecule has 2 aromatic carbocycles. The van der Waals surface area contributed by atoms with E-state index in [4.69, 9.17) is 4.42 Å². The lowest BCUT2D eigenvalue weighted by atomic mass is 10.1. The number of aromatic hydroxyl groups is 1. The number of aliphatic imine (C=N–C) groups is 1. The van der Waals surface area contributed by atoms with Crippen molar-refractivity contribution in [3.63, 3.8) is 0 Å². The molecule has 0 saturated heterocycles. The molecule has 2 aromatic heterocycles. The van der Waals surface area contributed by atoms with Crippen molar-refractivity contribution in [1.82, 2.24) is 9.97 Å². The predicted molar refractivity (Wildman–Crippen MR) is 105 cm³/mol. The number of phenolic OH excluding ortho intramolecular Hbond substituents is 1. The van der Waals surface area contributed by atoms with E-state index in [0.717, 1.165) is 21.3 Å². The highest BCUT2D eigenvalue weighted by molar-refractivity contribution is 9.10. The summed E-state index contributed by atoms with van der Waals surface area (Å²) in [7, 11) is 0. The van der Waals surface area contributed by atoms with Gasteiger partial charge in [-0.25, -0.2) is 4.98 Å². The number of halogens is 1. The Labute approximate surface area is 158 Å². The fourth-order valence-corrected chi connectivity index (χ4v) is 2.92. The van der Waals surface area contributed by atoms with Crippen LogP contribution in [0.2, 0.25) is 0 Å². The molecule has 0 spiro atoms. The number of hydrogen-bond acceptors (Lipinski definition) is 5. The zero-order valence-electron chi connectivity index (χ0n) is 13.8. The largest absolute Gasteiger partial charge is 0.507 e. The van der Waals surface area contributed by atoms with Crippen molar-refractivity contribution >= 4 is 39.1 Å². The average Bonchev–Trinajstić information content (AvgIpc) is 3.08. The minimum atomic E-state index is 0.177. The Morgan fingerprint density at radius 2 is 2.04 bits per heavy atom.